The molecule has 0 bridgehead atoms. The summed E-state index contributed by atoms with van der Waals surface area (Å²) in [5.74, 6) is 2.35. The van der Waals surface area contributed by atoms with E-state index in [-0.39, 0.29) is 129 Å². The Labute approximate surface area is 864 Å². The summed E-state index contributed by atoms with van der Waals surface area (Å²) in [5, 5.41) is 3.93. The maximum atomic E-state index is 12.1. The highest BCUT2D eigenvalue weighted by atomic mass is 16.7. The molecule has 7 aromatic rings. The van der Waals surface area contributed by atoms with Gasteiger partial charge in [-0.15, -0.1) is 0 Å². The average Bonchev–Trinajstić information content (AvgIpc) is 1.80. The molecule has 14 heterocycles. The van der Waals surface area contributed by atoms with Gasteiger partial charge < -0.3 is 133 Å². The molecule has 0 amide bonds. The molecule has 3 aliphatic carbocycles. The Kier molecular flexibility index (Phi) is 39.1. The van der Waals surface area contributed by atoms with Gasteiger partial charge in [0.1, 0.15) is 175 Å². The molecule has 0 radical (unpaired) electrons. The number of esters is 6. The molecule has 7 aromatic carbocycles. The van der Waals surface area contributed by atoms with E-state index < -0.39 is 11.9 Å². The second-order valence-corrected chi connectivity index (χ2v) is 41.7. The Balaban J connectivity index is 0.000000114. The maximum absolute atomic E-state index is 12.1. The fourth-order valence-electron chi connectivity index (χ4n) is 17.7. The first-order chi connectivity index (χ1) is 72.2. The van der Waals surface area contributed by atoms with Crippen molar-refractivity contribution in [2.45, 2.75) is 221 Å². The first kappa shape index (κ1) is 108. The summed E-state index contributed by atoms with van der Waals surface area (Å²) in [7, 11) is 0. The van der Waals surface area contributed by atoms with E-state index in [4.69, 9.17) is 133 Å². The minimum absolute atomic E-state index is 0.0397. The fraction of sp³-hybridized carbons (Fsp3) is 0.614. The molecule has 14 saturated heterocycles. The molecule has 17 fully saturated rings. The van der Waals surface area contributed by atoms with Crippen LogP contribution in [-0.4, -0.2) is 332 Å². The summed E-state index contributed by atoms with van der Waals surface area (Å²) in [5.41, 5.74) is 4.62. The van der Waals surface area contributed by atoms with Gasteiger partial charge in [0.25, 0.3) is 0 Å². The van der Waals surface area contributed by atoms with Crippen molar-refractivity contribution in [2.24, 2.45) is 29.1 Å². The minimum atomic E-state index is -0.424. The number of fused-ring (bicyclic) bond motifs is 2. The van der Waals surface area contributed by atoms with E-state index in [1.807, 2.05) is 54.6 Å². The lowest BCUT2D eigenvalue weighted by molar-refractivity contribution is -0.163. The second-order valence-electron chi connectivity index (χ2n) is 41.7. The van der Waals surface area contributed by atoms with E-state index in [9.17, 15) is 28.8 Å². The molecule has 0 spiro atoms. The van der Waals surface area contributed by atoms with Gasteiger partial charge in [0.05, 0.1) is 165 Å². The van der Waals surface area contributed by atoms with E-state index in [1.54, 1.807) is 60.7 Å². The Morgan fingerprint density at radius 1 is 0.277 bits per heavy atom. The molecule has 0 N–H and O–H groups in total. The lowest BCUT2D eigenvalue weighted by atomic mass is 9.60. The van der Waals surface area contributed by atoms with Gasteiger partial charge in [-0.3, -0.25) is 9.59 Å². The van der Waals surface area contributed by atoms with Crippen LogP contribution in [0.3, 0.4) is 0 Å². The topological polar surface area (TPSA) is 407 Å². The molecule has 17 aliphatic rings. The second kappa shape index (κ2) is 53.6. The minimum Gasteiger partial charge on any atom is -0.491 e. The number of benzene rings is 7. The number of hydrogen-bond acceptors (Lipinski definition) is 34. The number of epoxide rings is 14. The first-order valence-corrected chi connectivity index (χ1v) is 53.1. The molecular formula is C114H144O34. The van der Waals surface area contributed by atoms with E-state index >= 15 is 0 Å². The third kappa shape index (κ3) is 37.7. The zero-order chi connectivity index (χ0) is 102. The third-order valence-corrected chi connectivity index (χ3v) is 28.7. The Morgan fingerprint density at radius 2 is 0.574 bits per heavy atom. The van der Waals surface area contributed by atoms with Crippen molar-refractivity contribution in [3.8, 4) is 23.0 Å². The van der Waals surface area contributed by atoms with Crippen LogP contribution in [-0.2, 0) is 129 Å². The van der Waals surface area contributed by atoms with E-state index in [1.165, 1.54) is 62.5 Å². The highest BCUT2D eigenvalue weighted by molar-refractivity contribution is 5.99. The van der Waals surface area contributed by atoms with Crippen molar-refractivity contribution in [2.75, 3.05) is 198 Å². The molecule has 16 unspecified atom stereocenters. The van der Waals surface area contributed by atoms with Crippen LogP contribution in [0.2, 0.25) is 0 Å². The molecule has 804 valence electrons. The van der Waals surface area contributed by atoms with Gasteiger partial charge in [-0.05, 0) is 219 Å². The molecule has 34 nitrogen and oxygen atoms in total. The van der Waals surface area contributed by atoms with Crippen molar-refractivity contribution >= 4 is 57.4 Å². The summed E-state index contributed by atoms with van der Waals surface area (Å²) >= 11 is 0. The highest BCUT2D eigenvalue weighted by Crippen LogP contribution is 2.50. The molecule has 148 heavy (non-hydrogen) atoms. The number of unbranched alkanes of at least 4 members (excludes halogenated alkanes) is 1. The highest BCUT2D eigenvalue weighted by Gasteiger charge is 2.44. The number of hydrogen-bond donors (Lipinski definition) is 0. The molecule has 0 aromatic heterocycles. The standard InChI is InChI=1S/C21H36O4.C21H24O4.C18H16O6.C16H16O4.C14H14O6.C14H20O6.C10H18O4/c2*1-21(2,15-3-7-17(8-4-15)22-11-19-13-24-19)16-5-9-18(10-6-16)23-12-20-14-25-20;19-17(23-9-15-7-21-15)13-3-1-11-5-14(4-2-12(11)6-13)18(20)24-10-16-8-22-16;1-2-11-6-12(17-7-13-8-18-13)4-5-15(11)16(3-1)20-10-14-9-19-14;15-13(19-7-11-5-17-11)9-1-2-10(4-3-9)14(16)20-8-12-6-18-12;15-13(19-7-9-5-17-9)11-3-1-2-4-12(11)14(16)20-8-10-6-18-10;1(3-11-5-9-7-13-9)2-4-12-6-10-8-14-10/h15-20H,3-14H2,1-2H3;3-10,19-20H,11-14H2,1-2H3;1-6,15-16H,7-10H2;1-6,13-14H,7-10H2;1-4,11-12H,5-8H2;9-12H,1-8H2;9-10H,1-8H2. The van der Waals surface area contributed by atoms with Crippen LogP contribution in [0.4, 0.5) is 0 Å². The van der Waals surface area contributed by atoms with Gasteiger partial charge in [0.2, 0.25) is 0 Å². The third-order valence-electron chi connectivity index (χ3n) is 28.7. The van der Waals surface area contributed by atoms with Crippen LogP contribution in [0.1, 0.15) is 170 Å². The summed E-state index contributed by atoms with van der Waals surface area (Å²) in [6.45, 7) is 29.3. The monoisotopic (exact) mass is 2060 g/mol. The van der Waals surface area contributed by atoms with Gasteiger partial charge in [-0.25, -0.2) is 19.2 Å². The first-order valence-electron chi connectivity index (χ1n) is 53.1. The van der Waals surface area contributed by atoms with Crippen molar-refractivity contribution in [1.29, 1.82) is 0 Å². The van der Waals surface area contributed by atoms with Crippen LogP contribution < -0.4 is 18.9 Å². The molecule has 14 aliphatic heterocycles. The van der Waals surface area contributed by atoms with Crippen molar-refractivity contribution in [3.05, 3.63) is 179 Å². The predicted molar refractivity (Wildman–Crippen MR) is 534 cm³/mol. The smallest absolute Gasteiger partial charge is 0.338 e. The van der Waals surface area contributed by atoms with Gasteiger partial charge in [0, 0.05) is 24.0 Å². The number of carbonyl (C=O) groups is 6. The molecule has 16 atom stereocenters. The quantitative estimate of drug-likeness (QED) is 0.0148. The summed E-state index contributed by atoms with van der Waals surface area (Å²) in [6.07, 6.45) is 19.6. The molecular weight excluding hydrogens is 1910 g/mol. The van der Waals surface area contributed by atoms with Crippen molar-refractivity contribution in [3.63, 3.8) is 0 Å². The predicted octanol–water partition coefficient (Wildman–Crippen LogP) is 13.9. The van der Waals surface area contributed by atoms with Crippen LogP contribution >= 0.6 is 0 Å². The van der Waals surface area contributed by atoms with Gasteiger partial charge in [-0.1, -0.05) is 89.1 Å². The fourth-order valence-corrected chi connectivity index (χ4v) is 17.7. The van der Waals surface area contributed by atoms with E-state index in [0.717, 1.165) is 175 Å². The number of carbonyl (C=O) groups excluding carboxylic acids is 6. The van der Waals surface area contributed by atoms with Crippen molar-refractivity contribution in [1.82, 2.24) is 0 Å². The summed E-state index contributed by atoms with van der Waals surface area (Å²) < 4.78 is 148. The van der Waals surface area contributed by atoms with Gasteiger partial charge >= 0.3 is 35.8 Å². The zero-order valence-electron chi connectivity index (χ0n) is 85.4. The van der Waals surface area contributed by atoms with Crippen LogP contribution in [0.5, 0.6) is 23.0 Å². The normalized spacial score (nSPS) is 27.9. The maximum Gasteiger partial charge on any atom is 0.338 e. The zero-order valence-corrected chi connectivity index (χ0v) is 85.4. The van der Waals surface area contributed by atoms with Crippen molar-refractivity contribution < 1.29 is 161 Å². The average molecular weight is 2060 g/mol. The Morgan fingerprint density at radius 3 is 0.926 bits per heavy atom. The summed E-state index contributed by atoms with van der Waals surface area (Å²) in [6, 6.07) is 45.4. The van der Waals surface area contributed by atoms with E-state index in [0.29, 0.717) is 156 Å². The van der Waals surface area contributed by atoms with Crippen LogP contribution in [0.15, 0.2) is 146 Å². The Hall–Kier alpha value is -9.64. The largest absolute Gasteiger partial charge is 0.491 e. The number of rotatable bonds is 49. The van der Waals surface area contributed by atoms with Gasteiger partial charge in [0.15, 0.2) is 0 Å². The lowest BCUT2D eigenvalue weighted by Gasteiger charge is -2.46. The van der Waals surface area contributed by atoms with Crippen LogP contribution in [0.25, 0.3) is 21.5 Å². The molecule has 24 rings (SSSR count). The number of ether oxygens (including phenoxy) is 28. The van der Waals surface area contributed by atoms with Gasteiger partial charge in [-0.2, -0.15) is 0 Å². The SMILES string of the molecule is C(CCOCC1CO1)COCC1CO1.CC(C)(C1CCC(OCC2CO2)CC1)C1CCC(OCC2CO2)CC1.CC(C)(c1ccc(OCC2CO2)cc1)c1ccc(OCC2CO2)cc1.O=C(OCC1CO1)C1CCCCC1C(=O)OCC1CO1.O=C(OCC1CO1)c1ccc(C(=O)OCC2CO2)cc1.O=C(OCC1CO1)c1ccc2cc(C(=O)OCC3CO3)ccc2c1.c1cc(OCC2CO2)c2ccc(OCC3CO3)cc2c1. The Bertz CT molecular complexity index is 5070. The molecule has 3 saturated carbocycles. The molecule has 34 heteroatoms. The van der Waals surface area contributed by atoms with E-state index in [2.05, 4.69) is 58.0 Å². The van der Waals surface area contributed by atoms with Crippen LogP contribution in [0, 0.1) is 29.1 Å². The summed E-state index contributed by atoms with van der Waals surface area (Å²) in [4.78, 5) is 71.5. The lowest BCUT2D eigenvalue weighted by Crippen LogP contribution is -2.39.